The molecule has 0 bridgehead atoms. The van der Waals surface area contributed by atoms with Gasteiger partial charge in [-0.05, 0) is 50.5 Å². The number of fused-ring (bicyclic) bond motifs is 1. The molecule has 8 heteroatoms. The second-order valence-electron chi connectivity index (χ2n) is 7.89. The number of nitrogens with two attached hydrogens (primary N) is 1. The third kappa shape index (κ3) is 5.83. The number of carbonyl (C=O) groups excluding carboxylic acids is 2. The summed E-state index contributed by atoms with van der Waals surface area (Å²) >= 11 is 0. The van der Waals surface area contributed by atoms with Gasteiger partial charge in [0.2, 0.25) is 5.88 Å². The predicted molar refractivity (Wildman–Crippen MR) is 118 cm³/mol. The molecule has 3 N–H and O–H groups in total. The summed E-state index contributed by atoms with van der Waals surface area (Å²) in [6, 6.07) is 10.3. The van der Waals surface area contributed by atoms with Gasteiger partial charge in [-0.1, -0.05) is 13.0 Å². The second kappa shape index (κ2) is 10.7. The number of pyridine rings is 1. The molecule has 1 aliphatic rings. The third-order valence-electron chi connectivity index (χ3n) is 5.48. The lowest BCUT2D eigenvalue weighted by atomic mass is 10.0. The Balaban J connectivity index is 1.60. The monoisotopic (exact) mass is 436 g/mol. The van der Waals surface area contributed by atoms with Crippen LogP contribution >= 0.6 is 0 Å². The molecule has 1 aromatic carbocycles. The highest BCUT2D eigenvalue weighted by molar-refractivity contribution is 5.95. The molecule has 2 atom stereocenters. The van der Waals surface area contributed by atoms with Crippen molar-refractivity contribution in [2.75, 3.05) is 6.61 Å². The highest BCUT2D eigenvalue weighted by Gasteiger charge is 2.21. The van der Waals surface area contributed by atoms with Gasteiger partial charge in [0.05, 0.1) is 36.6 Å². The molecule has 168 valence electrons. The van der Waals surface area contributed by atoms with E-state index in [9.17, 15) is 9.59 Å². The van der Waals surface area contributed by atoms with Crippen LogP contribution in [-0.2, 0) is 17.8 Å². The molecule has 0 saturated carbocycles. The molecule has 0 fully saturated rings. The first-order valence-electron chi connectivity index (χ1n) is 10.8. The van der Waals surface area contributed by atoms with Gasteiger partial charge in [0.25, 0.3) is 11.8 Å². The number of ether oxygens (including phenoxy) is 2. The van der Waals surface area contributed by atoms with Crippen molar-refractivity contribution in [2.24, 2.45) is 5.73 Å². The number of aromatic nitrogens is 1. The van der Waals surface area contributed by atoms with E-state index in [1.807, 2.05) is 19.9 Å². The zero-order valence-corrected chi connectivity index (χ0v) is 18.4. The van der Waals surface area contributed by atoms with Gasteiger partial charge in [0.15, 0.2) is 0 Å². The first-order valence-corrected chi connectivity index (χ1v) is 10.8. The Morgan fingerprint density at radius 3 is 2.88 bits per heavy atom. The van der Waals surface area contributed by atoms with Crippen LogP contribution in [0.25, 0.3) is 0 Å². The quantitative estimate of drug-likeness (QED) is 0.622. The van der Waals surface area contributed by atoms with Crippen LogP contribution in [-0.4, -0.2) is 35.6 Å². The predicted octanol–water partition coefficient (Wildman–Crippen LogP) is 2.88. The molecule has 2 aromatic rings. The molecule has 0 saturated heterocycles. The van der Waals surface area contributed by atoms with Crippen molar-refractivity contribution < 1.29 is 19.1 Å². The lowest BCUT2D eigenvalue weighted by molar-refractivity contribution is 0.0923. The fourth-order valence-corrected chi connectivity index (χ4v) is 3.60. The standard InChI is InChI=1S/C24H28N4O4/c1-3-19(27-23(30)17-6-4-5-16(11-17)13-25)8-7-15(2)32-24-20(22(26)29)12-18-14-31-10-9-21(18)28-24/h4-6,11-12,15,19H,3,7-10,14H2,1-2H3,(H2,26,29)(H,27,30)/t15-,19-/m0/s1. The molecular weight excluding hydrogens is 408 g/mol. The van der Waals surface area contributed by atoms with Gasteiger partial charge < -0.3 is 20.5 Å². The van der Waals surface area contributed by atoms with Crippen molar-refractivity contribution in [3.8, 4) is 11.9 Å². The number of amides is 2. The highest BCUT2D eigenvalue weighted by Crippen LogP contribution is 2.25. The number of rotatable bonds is 9. The van der Waals surface area contributed by atoms with Crippen LogP contribution in [0.5, 0.6) is 5.88 Å². The lowest BCUT2D eigenvalue weighted by Crippen LogP contribution is -2.35. The van der Waals surface area contributed by atoms with E-state index < -0.39 is 5.91 Å². The molecule has 3 rings (SSSR count). The SMILES string of the molecule is CC[C@@H](CC[C@H](C)Oc1nc2c(cc1C(N)=O)COCC2)NC(=O)c1cccc(C#N)c1. The molecule has 0 radical (unpaired) electrons. The Hall–Kier alpha value is -3.44. The Bertz CT molecular complexity index is 1030. The van der Waals surface area contributed by atoms with Crippen LogP contribution in [0.1, 0.15) is 70.6 Å². The average Bonchev–Trinajstić information content (AvgIpc) is 2.81. The van der Waals surface area contributed by atoms with Crippen molar-refractivity contribution in [3.63, 3.8) is 0 Å². The average molecular weight is 437 g/mol. The van der Waals surface area contributed by atoms with Gasteiger partial charge in [-0.2, -0.15) is 5.26 Å². The van der Waals surface area contributed by atoms with E-state index >= 15 is 0 Å². The lowest BCUT2D eigenvalue weighted by Gasteiger charge is -2.22. The molecule has 8 nitrogen and oxygen atoms in total. The van der Waals surface area contributed by atoms with E-state index in [-0.39, 0.29) is 29.5 Å². The maximum atomic E-state index is 12.6. The summed E-state index contributed by atoms with van der Waals surface area (Å²) in [6.45, 7) is 4.90. The topological polar surface area (TPSA) is 127 Å². The number of nitrogens with one attached hydrogen (secondary N) is 1. The molecule has 2 heterocycles. The summed E-state index contributed by atoms with van der Waals surface area (Å²) in [7, 11) is 0. The Morgan fingerprint density at radius 1 is 1.34 bits per heavy atom. The molecule has 1 aromatic heterocycles. The van der Waals surface area contributed by atoms with Crippen LogP contribution < -0.4 is 15.8 Å². The number of carbonyl (C=O) groups is 2. The minimum atomic E-state index is -0.591. The van der Waals surface area contributed by atoms with Crippen LogP contribution in [0.3, 0.4) is 0 Å². The molecule has 1 aliphatic heterocycles. The summed E-state index contributed by atoms with van der Waals surface area (Å²) in [4.78, 5) is 29.0. The van der Waals surface area contributed by atoms with Crippen molar-refractivity contribution in [1.29, 1.82) is 5.26 Å². The van der Waals surface area contributed by atoms with E-state index in [0.717, 1.165) is 17.7 Å². The maximum Gasteiger partial charge on any atom is 0.254 e. The number of primary amides is 1. The Labute approximate surface area is 187 Å². The van der Waals surface area contributed by atoms with Crippen LogP contribution in [0.4, 0.5) is 0 Å². The fraction of sp³-hybridized carbons (Fsp3) is 0.417. The van der Waals surface area contributed by atoms with Gasteiger partial charge in [-0.15, -0.1) is 0 Å². The number of hydrogen-bond acceptors (Lipinski definition) is 6. The maximum absolute atomic E-state index is 12.6. The van der Waals surface area contributed by atoms with Crippen molar-refractivity contribution in [3.05, 3.63) is 58.3 Å². The highest BCUT2D eigenvalue weighted by atomic mass is 16.5. The Morgan fingerprint density at radius 2 is 2.16 bits per heavy atom. The zero-order valence-electron chi connectivity index (χ0n) is 18.4. The summed E-state index contributed by atoms with van der Waals surface area (Å²) in [5.74, 6) is -0.556. The second-order valence-corrected chi connectivity index (χ2v) is 7.89. The van der Waals surface area contributed by atoms with Crippen molar-refractivity contribution in [1.82, 2.24) is 10.3 Å². The van der Waals surface area contributed by atoms with E-state index in [0.29, 0.717) is 43.6 Å². The van der Waals surface area contributed by atoms with E-state index in [1.54, 1.807) is 30.3 Å². The summed E-state index contributed by atoms with van der Waals surface area (Å²) in [6.07, 6.45) is 2.52. The number of benzene rings is 1. The van der Waals surface area contributed by atoms with Gasteiger partial charge >= 0.3 is 0 Å². The molecule has 0 spiro atoms. The van der Waals surface area contributed by atoms with Gasteiger partial charge in [-0.25, -0.2) is 4.98 Å². The zero-order chi connectivity index (χ0) is 23.1. The number of nitriles is 1. The van der Waals surface area contributed by atoms with E-state index in [1.165, 1.54) is 0 Å². The van der Waals surface area contributed by atoms with Crippen LogP contribution in [0.2, 0.25) is 0 Å². The summed E-state index contributed by atoms with van der Waals surface area (Å²) in [5, 5.41) is 12.0. The first kappa shape index (κ1) is 23.2. The largest absolute Gasteiger partial charge is 0.474 e. The van der Waals surface area contributed by atoms with E-state index in [4.69, 9.17) is 20.5 Å². The van der Waals surface area contributed by atoms with Crippen molar-refractivity contribution in [2.45, 2.75) is 58.3 Å². The number of hydrogen-bond donors (Lipinski definition) is 2. The minimum Gasteiger partial charge on any atom is -0.474 e. The van der Waals surface area contributed by atoms with Crippen molar-refractivity contribution >= 4 is 11.8 Å². The van der Waals surface area contributed by atoms with Gasteiger partial charge in [0.1, 0.15) is 5.56 Å². The Kier molecular flexibility index (Phi) is 7.79. The summed E-state index contributed by atoms with van der Waals surface area (Å²) < 4.78 is 11.4. The first-order chi connectivity index (χ1) is 15.4. The number of nitrogens with zero attached hydrogens (tertiary/aromatic N) is 2. The van der Waals surface area contributed by atoms with Crippen LogP contribution in [0.15, 0.2) is 30.3 Å². The minimum absolute atomic E-state index is 0.0523. The van der Waals surface area contributed by atoms with Crippen LogP contribution in [0, 0.1) is 11.3 Å². The molecule has 0 unspecified atom stereocenters. The molecule has 0 aliphatic carbocycles. The van der Waals surface area contributed by atoms with E-state index in [2.05, 4.69) is 10.3 Å². The van der Waals surface area contributed by atoms with Gasteiger partial charge in [0, 0.05) is 23.6 Å². The smallest absolute Gasteiger partial charge is 0.254 e. The molecule has 2 amide bonds. The van der Waals surface area contributed by atoms with Gasteiger partial charge in [-0.3, -0.25) is 9.59 Å². The fourth-order valence-electron chi connectivity index (χ4n) is 3.60. The normalized spacial score (nSPS) is 14.5. The molecule has 32 heavy (non-hydrogen) atoms. The molecular formula is C24H28N4O4. The summed E-state index contributed by atoms with van der Waals surface area (Å²) in [5.41, 5.74) is 8.41. The third-order valence-corrected chi connectivity index (χ3v) is 5.48.